The van der Waals surface area contributed by atoms with Crippen molar-refractivity contribution in [2.24, 2.45) is 0 Å². The molecule has 3 heteroatoms. The van der Waals surface area contributed by atoms with E-state index in [2.05, 4.69) is 47.9 Å². The molecule has 39 heavy (non-hydrogen) atoms. The van der Waals surface area contributed by atoms with Gasteiger partial charge >= 0.3 is 0 Å². The number of hydrogen-bond donors (Lipinski definition) is 2. The molecular weight excluding hydrogens is 496 g/mol. The zero-order valence-corrected chi connectivity index (χ0v) is 21.9. The zero-order valence-electron chi connectivity index (χ0n) is 21.1. The summed E-state index contributed by atoms with van der Waals surface area (Å²) in [6, 6.07) is 35.8. The van der Waals surface area contributed by atoms with Gasteiger partial charge in [-0.05, 0) is 47.2 Å². The first kappa shape index (κ1) is 23.7. The standard InChI is InChI=1S/C36H24O2S/c37-35(31-13-5-1-9-25(31)23-26-10-2-6-14-32(26)35)21-19-29-17-18-30(39-29)20-22-36(38)33-15-7-3-11-27(33)24-28-12-4-8-16-34(28)36/h1-18,37-38H,23-24H2. The van der Waals surface area contributed by atoms with Gasteiger partial charge in [0.1, 0.15) is 0 Å². The summed E-state index contributed by atoms with van der Waals surface area (Å²) in [5, 5.41) is 23.8. The Kier molecular flexibility index (Phi) is 5.55. The molecule has 0 bridgehead atoms. The second-order valence-electron chi connectivity index (χ2n) is 10.1. The minimum Gasteiger partial charge on any atom is -0.369 e. The third-order valence-corrected chi connectivity index (χ3v) is 8.65. The van der Waals surface area contributed by atoms with Gasteiger partial charge in [0.15, 0.2) is 11.2 Å². The number of thiophene rings is 1. The van der Waals surface area contributed by atoms with E-state index < -0.39 is 11.2 Å². The molecule has 5 aromatic rings. The van der Waals surface area contributed by atoms with Gasteiger partial charge in [-0.25, -0.2) is 0 Å². The van der Waals surface area contributed by atoms with E-state index in [1.807, 2.05) is 84.9 Å². The predicted octanol–water partition coefficient (Wildman–Crippen LogP) is 6.13. The lowest BCUT2D eigenvalue weighted by Crippen LogP contribution is -2.31. The zero-order chi connectivity index (χ0) is 26.5. The lowest BCUT2D eigenvalue weighted by Gasteiger charge is -2.32. The third-order valence-electron chi connectivity index (χ3n) is 7.73. The molecule has 0 spiro atoms. The molecule has 0 aliphatic heterocycles. The van der Waals surface area contributed by atoms with E-state index >= 15 is 0 Å². The molecular formula is C36H24O2S. The van der Waals surface area contributed by atoms with E-state index in [1.54, 1.807) is 0 Å². The maximum Gasteiger partial charge on any atom is 0.177 e. The van der Waals surface area contributed by atoms with Crippen molar-refractivity contribution in [1.82, 2.24) is 0 Å². The van der Waals surface area contributed by atoms with Gasteiger partial charge < -0.3 is 10.2 Å². The molecule has 2 aliphatic carbocycles. The van der Waals surface area contributed by atoms with E-state index in [1.165, 1.54) is 11.3 Å². The average molecular weight is 521 g/mol. The van der Waals surface area contributed by atoms with Crippen LogP contribution in [0.3, 0.4) is 0 Å². The monoisotopic (exact) mass is 520 g/mol. The van der Waals surface area contributed by atoms with Crippen molar-refractivity contribution in [3.8, 4) is 23.7 Å². The summed E-state index contributed by atoms with van der Waals surface area (Å²) in [7, 11) is 0. The molecule has 186 valence electrons. The lowest BCUT2D eigenvalue weighted by atomic mass is 9.75. The number of benzene rings is 4. The average Bonchev–Trinajstić information content (AvgIpc) is 3.44. The van der Waals surface area contributed by atoms with E-state index in [0.29, 0.717) is 0 Å². The Hall–Kier alpha value is -4.38. The molecule has 0 radical (unpaired) electrons. The van der Waals surface area contributed by atoms with Crippen LogP contribution in [-0.2, 0) is 24.0 Å². The van der Waals surface area contributed by atoms with E-state index in [9.17, 15) is 10.2 Å². The molecule has 0 saturated heterocycles. The second-order valence-corrected chi connectivity index (χ2v) is 11.2. The lowest BCUT2D eigenvalue weighted by molar-refractivity contribution is 0.140. The van der Waals surface area contributed by atoms with Gasteiger partial charge in [-0.15, -0.1) is 11.3 Å². The number of hydrogen-bond acceptors (Lipinski definition) is 3. The van der Waals surface area contributed by atoms with Crippen LogP contribution in [0, 0.1) is 23.7 Å². The Balaban J connectivity index is 1.26. The van der Waals surface area contributed by atoms with Crippen LogP contribution < -0.4 is 0 Å². The molecule has 2 aliphatic rings. The summed E-state index contributed by atoms with van der Waals surface area (Å²) in [4.78, 5) is 1.62. The van der Waals surface area contributed by atoms with Crippen molar-refractivity contribution >= 4 is 11.3 Å². The Labute approximate surface area is 232 Å². The van der Waals surface area contributed by atoms with E-state index in [4.69, 9.17) is 0 Å². The summed E-state index contributed by atoms with van der Waals surface area (Å²) in [5.41, 5.74) is 4.94. The van der Waals surface area contributed by atoms with Crippen LogP contribution in [0.15, 0.2) is 109 Å². The fourth-order valence-corrected chi connectivity index (χ4v) is 6.57. The molecule has 4 aromatic carbocycles. The first-order valence-corrected chi connectivity index (χ1v) is 13.8. The van der Waals surface area contributed by atoms with Gasteiger partial charge in [0.2, 0.25) is 0 Å². The highest BCUT2D eigenvalue weighted by Crippen LogP contribution is 2.41. The molecule has 0 fully saturated rings. The van der Waals surface area contributed by atoms with Crippen LogP contribution >= 0.6 is 11.3 Å². The van der Waals surface area contributed by atoms with Crippen molar-refractivity contribution in [1.29, 1.82) is 0 Å². The summed E-state index contributed by atoms with van der Waals surface area (Å²) < 4.78 is 0. The summed E-state index contributed by atoms with van der Waals surface area (Å²) in [5.74, 6) is 12.8. The fraction of sp³-hybridized carbons (Fsp3) is 0.111. The first-order chi connectivity index (χ1) is 19.0. The smallest absolute Gasteiger partial charge is 0.177 e. The minimum atomic E-state index is -1.38. The van der Waals surface area contributed by atoms with Gasteiger partial charge in [0, 0.05) is 22.3 Å². The molecule has 0 unspecified atom stereocenters. The molecule has 0 atom stereocenters. The normalized spacial score (nSPS) is 15.2. The molecule has 0 saturated carbocycles. The van der Waals surface area contributed by atoms with Crippen LogP contribution in [0.2, 0.25) is 0 Å². The van der Waals surface area contributed by atoms with Crippen molar-refractivity contribution in [3.63, 3.8) is 0 Å². The van der Waals surface area contributed by atoms with Gasteiger partial charge in [0.05, 0.1) is 9.75 Å². The SMILES string of the molecule is OC1(C#Cc2ccc(C#CC3(O)c4ccccc4Cc4ccccc43)s2)c2ccccc2Cc2ccccc21. The Bertz CT molecular complexity index is 1640. The van der Waals surface area contributed by atoms with Crippen LogP contribution in [0.5, 0.6) is 0 Å². The number of rotatable bonds is 0. The van der Waals surface area contributed by atoms with Gasteiger partial charge in [-0.3, -0.25) is 0 Å². The quantitative estimate of drug-likeness (QED) is 0.241. The van der Waals surface area contributed by atoms with E-state index in [-0.39, 0.29) is 0 Å². The summed E-state index contributed by atoms with van der Waals surface area (Å²) in [6.45, 7) is 0. The first-order valence-electron chi connectivity index (χ1n) is 13.0. The highest BCUT2D eigenvalue weighted by Gasteiger charge is 2.38. The molecule has 2 nitrogen and oxygen atoms in total. The minimum absolute atomic E-state index is 0.782. The highest BCUT2D eigenvalue weighted by atomic mass is 32.1. The van der Waals surface area contributed by atoms with Crippen molar-refractivity contribution < 1.29 is 10.2 Å². The van der Waals surface area contributed by atoms with Crippen LogP contribution in [-0.4, -0.2) is 10.2 Å². The summed E-state index contributed by atoms with van der Waals surface area (Å²) >= 11 is 1.46. The van der Waals surface area contributed by atoms with Crippen molar-refractivity contribution in [2.45, 2.75) is 24.0 Å². The molecule has 0 amide bonds. The largest absolute Gasteiger partial charge is 0.369 e. The molecule has 2 N–H and O–H groups in total. The highest BCUT2D eigenvalue weighted by molar-refractivity contribution is 7.13. The summed E-state index contributed by atoms with van der Waals surface area (Å²) in [6.07, 6.45) is 1.56. The number of aliphatic hydroxyl groups is 2. The maximum absolute atomic E-state index is 11.9. The Morgan fingerprint density at radius 2 is 0.769 bits per heavy atom. The Morgan fingerprint density at radius 1 is 0.462 bits per heavy atom. The fourth-order valence-electron chi connectivity index (χ4n) is 5.86. The van der Waals surface area contributed by atoms with Gasteiger partial charge in [0.25, 0.3) is 0 Å². The molecule has 7 rings (SSSR count). The van der Waals surface area contributed by atoms with Crippen LogP contribution in [0.4, 0.5) is 0 Å². The van der Waals surface area contributed by atoms with Crippen LogP contribution in [0.1, 0.15) is 54.3 Å². The maximum atomic E-state index is 11.9. The van der Waals surface area contributed by atoms with Crippen molar-refractivity contribution in [2.75, 3.05) is 0 Å². The van der Waals surface area contributed by atoms with E-state index in [0.717, 1.165) is 67.1 Å². The Morgan fingerprint density at radius 3 is 1.10 bits per heavy atom. The molecule has 1 heterocycles. The van der Waals surface area contributed by atoms with Gasteiger partial charge in [-0.2, -0.15) is 0 Å². The van der Waals surface area contributed by atoms with Gasteiger partial charge in [-0.1, -0.05) is 121 Å². The van der Waals surface area contributed by atoms with Crippen molar-refractivity contribution in [3.05, 3.63) is 163 Å². The topological polar surface area (TPSA) is 40.5 Å². The molecule has 1 aromatic heterocycles. The van der Waals surface area contributed by atoms with Crippen LogP contribution in [0.25, 0.3) is 0 Å². The number of fused-ring (bicyclic) bond motifs is 4. The second kappa shape index (κ2) is 9.12. The third kappa shape index (κ3) is 3.92. The predicted molar refractivity (Wildman–Crippen MR) is 155 cm³/mol.